The van der Waals surface area contributed by atoms with E-state index in [0.29, 0.717) is 12.6 Å². The van der Waals surface area contributed by atoms with Crippen molar-refractivity contribution in [2.45, 2.75) is 32.9 Å². The minimum Gasteiger partial charge on any atom is -0.394 e. The molecular formula is C8H19NO2. The molecule has 0 aromatic heterocycles. The molecule has 0 amide bonds. The molecule has 0 aliphatic carbocycles. The summed E-state index contributed by atoms with van der Waals surface area (Å²) in [4.78, 5) is 0. The van der Waals surface area contributed by atoms with E-state index >= 15 is 0 Å². The van der Waals surface area contributed by atoms with Crippen LogP contribution < -0.4 is 5.32 Å². The first-order valence-corrected chi connectivity index (χ1v) is 4.16. The predicted molar refractivity (Wildman–Crippen MR) is 45.6 cm³/mol. The zero-order valence-corrected chi connectivity index (χ0v) is 7.63. The molecule has 1 atom stereocenters. The third-order valence-electron chi connectivity index (χ3n) is 1.36. The molecule has 68 valence electrons. The fourth-order valence-electron chi connectivity index (χ4n) is 0.779. The lowest BCUT2D eigenvalue weighted by Gasteiger charge is -2.16. The quantitative estimate of drug-likeness (QED) is 0.592. The molecule has 2 N–H and O–H groups in total. The normalized spacial score (nSPS) is 13.9. The van der Waals surface area contributed by atoms with Crippen LogP contribution in [0.3, 0.4) is 0 Å². The summed E-state index contributed by atoms with van der Waals surface area (Å²) in [5.74, 6) is 0. The molecule has 0 saturated heterocycles. The summed E-state index contributed by atoms with van der Waals surface area (Å²) in [5, 5.41) is 12.0. The van der Waals surface area contributed by atoms with Crippen molar-refractivity contribution in [1.82, 2.24) is 5.32 Å². The second-order valence-electron chi connectivity index (χ2n) is 2.82. The summed E-state index contributed by atoms with van der Waals surface area (Å²) in [6, 6.07) is 0.449. The molecule has 0 aliphatic heterocycles. The molecular weight excluding hydrogens is 142 g/mol. The Balaban J connectivity index is 3.35. The van der Waals surface area contributed by atoms with Gasteiger partial charge in [-0.2, -0.15) is 0 Å². The largest absolute Gasteiger partial charge is 0.394 e. The maximum Gasteiger partial charge on any atom is 0.0929 e. The smallest absolute Gasteiger partial charge is 0.0929 e. The van der Waals surface area contributed by atoms with E-state index in [1.165, 1.54) is 0 Å². The summed E-state index contributed by atoms with van der Waals surface area (Å²) in [6.07, 6.45) is -0.0533. The van der Waals surface area contributed by atoms with Crippen LogP contribution in [0.2, 0.25) is 0 Å². The van der Waals surface area contributed by atoms with Crippen molar-refractivity contribution >= 4 is 0 Å². The fourth-order valence-corrected chi connectivity index (χ4v) is 0.779. The number of hydrogen-bond acceptors (Lipinski definition) is 3. The van der Waals surface area contributed by atoms with Crippen molar-refractivity contribution in [3.05, 3.63) is 0 Å². The lowest BCUT2D eigenvalue weighted by molar-refractivity contribution is 0.0198. The van der Waals surface area contributed by atoms with E-state index in [1.807, 2.05) is 6.92 Å². The van der Waals surface area contributed by atoms with Gasteiger partial charge in [0.25, 0.3) is 0 Å². The highest BCUT2D eigenvalue weighted by Gasteiger charge is 2.05. The molecule has 0 rings (SSSR count). The highest BCUT2D eigenvalue weighted by Crippen LogP contribution is 1.89. The second kappa shape index (κ2) is 6.58. The minimum atomic E-state index is -0.0533. The first-order valence-electron chi connectivity index (χ1n) is 4.16. The van der Waals surface area contributed by atoms with Crippen LogP contribution in [-0.4, -0.2) is 37.0 Å². The monoisotopic (exact) mass is 161 g/mol. The molecule has 3 nitrogen and oxygen atoms in total. The lowest BCUT2D eigenvalue weighted by atomic mass is 10.3. The topological polar surface area (TPSA) is 41.5 Å². The third kappa shape index (κ3) is 6.28. The van der Waals surface area contributed by atoms with Crippen LogP contribution in [0.1, 0.15) is 20.8 Å². The maximum atomic E-state index is 8.81. The Kier molecular flexibility index (Phi) is 6.51. The lowest BCUT2D eigenvalue weighted by Crippen LogP contribution is -2.35. The van der Waals surface area contributed by atoms with Crippen molar-refractivity contribution < 1.29 is 9.84 Å². The van der Waals surface area contributed by atoms with Crippen LogP contribution >= 0.6 is 0 Å². The van der Waals surface area contributed by atoms with Gasteiger partial charge in [-0.25, -0.2) is 0 Å². The number of nitrogens with one attached hydrogen (secondary N) is 1. The van der Waals surface area contributed by atoms with Gasteiger partial charge in [0.05, 0.1) is 12.7 Å². The van der Waals surface area contributed by atoms with Crippen LogP contribution in [-0.2, 0) is 4.74 Å². The van der Waals surface area contributed by atoms with Gasteiger partial charge < -0.3 is 15.2 Å². The zero-order valence-electron chi connectivity index (χ0n) is 7.63. The summed E-state index contributed by atoms with van der Waals surface area (Å²) < 4.78 is 5.23. The Hall–Kier alpha value is -0.120. The van der Waals surface area contributed by atoms with Gasteiger partial charge in [0, 0.05) is 19.2 Å². The number of rotatable bonds is 6. The summed E-state index contributed by atoms with van der Waals surface area (Å²) in [6.45, 7) is 7.54. The van der Waals surface area contributed by atoms with E-state index in [9.17, 15) is 0 Å². The van der Waals surface area contributed by atoms with Crippen LogP contribution in [0.4, 0.5) is 0 Å². The van der Waals surface area contributed by atoms with Gasteiger partial charge in [-0.1, -0.05) is 13.8 Å². The highest BCUT2D eigenvalue weighted by molar-refractivity contribution is 4.61. The van der Waals surface area contributed by atoms with E-state index < -0.39 is 0 Å². The van der Waals surface area contributed by atoms with Crippen LogP contribution in [0, 0.1) is 0 Å². The van der Waals surface area contributed by atoms with E-state index in [4.69, 9.17) is 9.84 Å². The zero-order chi connectivity index (χ0) is 8.69. The average Bonchev–Trinajstić information content (AvgIpc) is 1.97. The van der Waals surface area contributed by atoms with E-state index in [1.54, 1.807) is 0 Å². The molecule has 0 spiro atoms. The molecule has 0 saturated carbocycles. The van der Waals surface area contributed by atoms with Crippen LogP contribution in [0.25, 0.3) is 0 Å². The van der Waals surface area contributed by atoms with E-state index in [2.05, 4.69) is 19.2 Å². The maximum absolute atomic E-state index is 8.81. The number of aliphatic hydroxyl groups is 1. The first-order chi connectivity index (χ1) is 5.20. The second-order valence-corrected chi connectivity index (χ2v) is 2.82. The average molecular weight is 161 g/mol. The van der Waals surface area contributed by atoms with Crippen molar-refractivity contribution in [2.24, 2.45) is 0 Å². The number of aliphatic hydroxyl groups excluding tert-OH is 1. The van der Waals surface area contributed by atoms with Crippen LogP contribution in [0.5, 0.6) is 0 Å². The van der Waals surface area contributed by atoms with Crippen molar-refractivity contribution in [1.29, 1.82) is 0 Å². The Morgan fingerprint density at radius 2 is 2.09 bits per heavy atom. The fraction of sp³-hybridized carbons (Fsp3) is 1.00. The molecule has 0 aromatic rings. The minimum absolute atomic E-state index is 0.0533. The van der Waals surface area contributed by atoms with Gasteiger partial charge in [-0.3, -0.25) is 0 Å². The van der Waals surface area contributed by atoms with E-state index in [0.717, 1.165) is 6.54 Å². The molecule has 3 heteroatoms. The highest BCUT2D eigenvalue weighted by atomic mass is 16.5. The Bertz CT molecular complexity index is 86.2. The molecule has 0 bridgehead atoms. The molecule has 1 unspecified atom stereocenters. The number of ether oxygens (including phenoxy) is 1. The molecule has 0 aromatic carbocycles. The van der Waals surface area contributed by atoms with Gasteiger partial charge in [0.15, 0.2) is 0 Å². The van der Waals surface area contributed by atoms with Gasteiger partial charge >= 0.3 is 0 Å². The first kappa shape index (κ1) is 10.9. The SMILES string of the molecule is CCOC(CO)CNC(C)C. The summed E-state index contributed by atoms with van der Waals surface area (Å²) in [5.41, 5.74) is 0. The summed E-state index contributed by atoms with van der Waals surface area (Å²) in [7, 11) is 0. The van der Waals surface area contributed by atoms with Crippen molar-refractivity contribution in [3.63, 3.8) is 0 Å². The van der Waals surface area contributed by atoms with Crippen LogP contribution in [0.15, 0.2) is 0 Å². The van der Waals surface area contributed by atoms with Gasteiger partial charge in [-0.05, 0) is 6.92 Å². The van der Waals surface area contributed by atoms with Gasteiger partial charge in [-0.15, -0.1) is 0 Å². The molecule has 0 heterocycles. The molecule has 0 fully saturated rings. The Morgan fingerprint density at radius 3 is 2.45 bits per heavy atom. The standard InChI is InChI=1S/C8H19NO2/c1-4-11-8(6-10)5-9-7(2)3/h7-10H,4-6H2,1-3H3. The Labute approximate surface area is 68.8 Å². The van der Waals surface area contributed by atoms with Crippen molar-refractivity contribution in [2.75, 3.05) is 19.8 Å². The van der Waals surface area contributed by atoms with Gasteiger partial charge in [0.2, 0.25) is 0 Å². The van der Waals surface area contributed by atoms with E-state index in [-0.39, 0.29) is 12.7 Å². The third-order valence-corrected chi connectivity index (χ3v) is 1.36. The number of hydrogen-bond donors (Lipinski definition) is 2. The molecule has 0 aliphatic rings. The van der Waals surface area contributed by atoms with Crippen molar-refractivity contribution in [3.8, 4) is 0 Å². The predicted octanol–water partition coefficient (Wildman–Crippen LogP) is 0.382. The molecule has 0 radical (unpaired) electrons. The molecule has 11 heavy (non-hydrogen) atoms. The Morgan fingerprint density at radius 1 is 1.45 bits per heavy atom. The van der Waals surface area contributed by atoms with Gasteiger partial charge in [0.1, 0.15) is 0 Å². The summed E-state index contributed by atoms with van der Waals surface area (Å²) >= 11 is 0.